The summed E-state index contributed by atoms with van der Waals surface area (Å²) in [5, 5.41) is 8.16. The number of carbonyl (C=O) groups excluding carboxylic acids is 1. The zero-order valence-electron chi connectivity index (χ0n) is 15.3. The Morgan fingerprint density at radius 3 is 2.52 bits per heavy atom. The Morgan fingerprint density at radius 2 is 1.86 bits per heavy atom. The van der Waals surface area contributed by atoms with E-state index >= 15 is 0 Å². The normalized spacial score (nSPS) is 10.9. The van der Waals surface area contributed by atoms with Crippen molar-refractivity contribution < 1.29 is 4.79 Å². The first-order chi connectivity index (χ1) is 14.0. The smallest absolute Gasteiger partial charge is 0.332 e. The van der Waals surface area contributed by atoms with Gasteiger partial charge in [-0.15, -0.1) is 10.2 Å². The van der Waals surface area contributed by atoms with E-state index in [1.165, 1.54) is 23.7 Å². The van der Waals surface area contributed by atoms with Crippen LogP contribution in [-0.2, 0) is 13.6 Å². The van der Waals surface area contributed by atoms with Crippen LogP contribution in [0.1, 0.15) is 15.9 Å². The topological polar surface area (TPSA) is 139 Å². The molecule has 1 amide bonds. The molecule has 2 N–H and O–H groups in total. The molecule has 10 nitrogen and oxygen atoms in total. The number of amides is 1. The van der Waals surface area contributed by atoms with Crippen LogP contribution in [0.3, 0.4) is 0 Å². The molecule has 0 fully saturated rings. The summed E-state index contributed by atoms with van der Waals surface area (Å²) in [6.45, 7) is 0.167. The Bertz CT molecular complexity index is 1340. The lowest BCUT2D eigenvalue weighted by Gasteiger charge is -2.11. The standard InChI is InChI=1S/C19H15N7O3/c1-25-18(28)14-17(26(19(25)29)10-11-3-2-8-21-9-11)24-23-16(22-14)13-6-4-12(5-7-13)15(20)27/h2-9H,10H2,1H3,(H2,20,27). The Balaban J connectivity index is 1.88. The molecule has 0 saturated heterocycles. The Morgan fingerprint density at radius 1 is 1.10 bits per heavy atom. The van der Waals surface area contributed by atoms with E-state index in [1.807, 2.05) is 6.07 Å². The molecule has 0 aliphatic rings. The number of aromatic nitrogens is 6. The van der Waals surface area contributed by atoms with Gasteiger partial charge in [-0.3, -0.25) is 23.7 Å². The van der Waals surface area contributed by atoms with Crippen LogP contribution in [0.25, 0.3) is 22.6 Å². The van der Waals surface area contributed by atoms with E-state index < -0.39 is 17.2 Å². The predicted molar refractivity (Wildman–Crippen MR) is 104 cm³/mol. The Labute approximate surface area is 163 Å². The fourth-order valence-electron chi connectivity index (χ4n) is 2.89. The molecule has 3 aromatic heterocycles. The van der Waals surface area contributed by atoms with Crippen LogP contribution in [0.4, 0.5) is 0 Å². The SMILES string of the molecule is Cn1c(=O)c2nc(-c3ccc(C(N)=O)cc3)nnc2n(Cc2cccnc2)c1=O. The number of nitrogens with two attached hydrogens (primary N) is 1. The summed E-state index contributed by atoms with van der Waals surface area (Å²) in [5.74, 6) is -0.361. The summed E-state index contributed by atoms with van der Waals surface area (Å²) in [4.78, 5) is 44.8. The van der Waals surface area contributed by atoms with E-state index in [2.05, 4.69) is 20.2 Å². The van der Waals surface area contributed by atoms with Gasteiger partial charge in [0.15, 0.2) is 17.0 Å². The molecular weight excluding hydrogens is 374 g/mol. The van der Waals surface area contributed by atoms with Crippen LogP contribution in [0.5, 0.6) is 0 Å². The maximum atomic E-state index is 12.6. The lowest BCUT2D eigenvalue weighted by atomic mass is 10.1. The number of hydrogen-bond donors (Lipinski definition) is 1. The third-order valence-electron chi connectivity index (χ3n) is 4.44. The first-order valence-corrected chi connectivity index (χ1v) is 8.59. The second kappa shape index (κ2) is 7.08. The monoisotopic (exact) mass is 389 g/mol. The van der Waals surface area contributed by atoms with Gasteiger partial charge in [0.25, 0.3) is 5.56 Å². The number of hydrogen-bond acceptors (Lipinski definition) is 7. The molecule has 0 unspecified atom stereocenters. The molecule has 4 rings (SSSR count). The third-order valence-corrected chi connectivity index (χ3v) is 4.44. The minimum atomic E-state index is -0.572. The maximum absolute atomic E-state index is 12.6. The summed E-state index contributed by atoms with van der Waals surface area (Å²) in [6, 6.07) is 9.85. The van der Waals surface area contributed by atoms with Gasteiger partial charge in [-0.1, -0.05) is 18.2 Å². The fraction of sp³-hybridized carbons (Fsp3) is 0.105. The Hall–Kier alpha value is -4.21. The van der Waals surface area contributed by atoms with E-state index in [1.54, 1.807) is 30.6 Å². The van der Waals surface area contributed by atoms with Gasteiger partial charge in [0, 0.05) is 30.6 Å². The quantitative estimate of drug-likeness (QED) is 0.522. The number of primary amides is 1. The zero-order valence-corrected chi connectivity index (χ0v) is 15.3. The second-order valence-electron chi connectivity index (χ2n) is 6.34. The molecule has 3 heterocycles. The van der Waals surface area contributed by atoms with Crippen LogP contribution in [0.2, 0.25) is 0 Å². The summed E-state index contributed by atoms with van der Waals surface area (Å²) in [5.41, 5.74) is 5.90. The molecule has 0 bridgehead atoms. The molecule has 0 spiro atoms. The number of pyridine rings is 1. The number of rotatable bonds is 4. The van der Waals surface area contributed by atoms with Gasteiger partial charge in [-0.25, -0.2) is 9.78 Å². The van der Waals surface area contributed by atoms with Gasteiger partial charge in [0.2, 0.25) is 5.91 Å². The average Bonchev–Trinajstić information content (AvgIpc) is 2.75. The van der Waals surface area contributed by atoms with Gasteiger partial charge < -0.3 is 5.73 Å². The average molecular weight is 389 g/mol. The van der Waals surface area contributed by atoms with Crippen LogP contribution in [-0.4, -0.2) is 35.2 Å². The highest BCUT2D eigenvalue weighted by atomic mass is 16.2. The fourth-order valence-corrected chi connectivity index (χ4v) is 2.89. The summed E-state index contributed by atoms with van der Waals surface area (Å²) in [6.07, 6.45) is 3.25. The molecule has 1 aromatic carbocycles. The molecule has 0 saturated carbocycles. The lowest BCUT2D eigenvalue weighted by Crippen LogP contribution is -2.39. The number of nitrogens with zero attached hydrogens (tertiary/aromatic N) is 6. The first kappa shape index (κ1) is 18.2. The first-order valence-electron chi connectivity index (χ1n) is 8.59. The predicted octanol–water partition coefficient (Wildman–Crippen LogP) is 0.0944. The molecule has 4 aromatic rings. The Kier molecular flexibility index (Phi) is 4.43. The van der Waals surface area contributed by atoms with E-state index in [0.29, 0.717) is 11.1 Å². The maximum Gasteiger partial charge on any atom is 0.332 e. The van der Waals surface area contributed by atoms with Crippen LogP contribution in [0.15, 0.2) is 58.4 Å². The molecule has 0 radical (unpaired) electrons. The highest BCUT2D eigenvalue weighted by Gasteiger charge is 2.16. The molecule has 0 aliphatic carbocycles. The van der Waals surface area contributed by atoms with Gasteiger partial charge in [0.1, 0.15) is 0 Å². The molecule has 10 heteroatoms. The van der Waals surface area contributed by atoms with E-state index in [-0.39, 0.29) is 23.5 Å². The van der Waals surface area contributed by atoms with E-state index in [9.17, 15) is 14.4 Å². The highest BCUT2D eigenvalue weighted by Crippen LogP contribution is 2.16. The van der Waals surface area contributed by atoms with Gasteiger partial charge in [-0.05, 0) is 23.8 Å². The van der Waals surface area contributed by atoms with Crippen molar-refractivity contribution in [2.24, 2.45) is 12.8 Å². The molecule has 29 heavy (non-hydrogen) atoms. The molecule has 144 valence electrons. The van der Waals surface area contributed by atoms with Crippen molar-refractivity contribution in [3.8, 4) is 11.4 Å². The van der Waals surface area contributed by atoms with Gasteiger partial charge >= 0.3 is 5.69 Å². The minimum absolute atomic E-state index is 0.0139. The molecule has 0 aliphatic heterocycles. The number of benzene rings is 1. The van der Waals surface area contributed by atoms with Crippen molar-refractivity contribution in [1.82, 2.24) is 29.3 Å². The van der Waals surface area contributed by atoms with Crippen molar-refractivity contribution in [1.29, 1.82) is 0 Å². The summed E-state index contributed by atoms with van der Waals surface area (Å²) >= 11 is 0. The van der Waals surface area contributed by atoms with Crippen LogP contribution in [0, 0.1) is 0 Å². The number of carbonyl (C=O) groups is 1. The lowest BCUT2D eigenvalue weighted by molar-refractivity contribution is 0.100. The third kappa shape index (κ3) is 3.27. The van der Waals surface area contributed by atoms with E-state index in [4.69, 9.17) is 5.73 Å². The van der Waals surface area contributed by atoms with Crippen LogP contribution >= 0.6 is 0 Å². The van der Waals surface area contributed by atoms with E-state index in [0.717, 1.165) is 10.1 Å². The summed E-state index contributed by atoms with van der Waals surface area (Å²) < 4.78 is 2.31. The second-order valence-corrected chi connectivity index (χ2v) is 6.34. The number of fused-ring (bicyclic) bond motifs is 1. The van der Waals surface area contributed by atoms with Crippen LogP contribution < -0.4 is 17.0 Å². The molecular formula is C19H15N7O3. The van der Waals surface area contributed by atoms with Crippen molar-refractivity contribution in [2.45, 2.75) is 6.54 Å². The van der Waals surface area contributed by atoms with Gasteiger partial charge in [-0.2, -0.15) is 0 Å². The van der Waals surface area contributed by atoms with Gasteiger partial charge in [0.05, 0.1) is 6.54 Å². The minimum Gasteiger partial charge on any atom is -0.366 e. The molecule has 0 atom stereocenters. The largest absolute Gasteiger partial charge is 0.366 e. The van der Waals surface area contributed by atoms with Crippen molar-refractivity contribution >= 4 is 17.1 Å². The summed E-state index contributed by atoms with van der Waals surface area (Å²) in [7, 11) is 1.38. The zero-order chi connectivity index (χ0) is 20.5. The van der Waals surface area contributed by atoms with Crippen molar-refractivity contribution in [3.05, 3.63) is 80.8 Å². The van der Waals surface area contributed by atoms with Crippen molar-refractivity contribution in [2.75, 3.05) is 0 Å². The highest BCUT2D eigenvalue weighted by molar-refractivity contribution is 5.93. The van der Waals surface area contributed by atoms with Crippen molar-refractivity contribution in [3.63, 3.8) is 0 Å².